The highest BCUT2D eigenvalue weighted by Gasteiger charge is 2.22. The molecule has 0 bridgehead atoms. The number of benzene rings is 2. The van der Waals surface area contributed by atoms with Gasteiger partial charge in [-0.25, -0.2) is 4.79 Å². The minimum absolute atomic E-state index is 0.158. The molecule has 2 amide bonds. The molecule has 1 aliphatic rings. The van der Waals surface area contributed by atoms with Crippen molar-refractivity contribution in [2.45, 2.75) is 6.10 Å². The Morgan fingerprint density at radius 2 is 1.78 bits per heavy atom. The van der Waals surface area contributed by atoms with Crippen molar-refractivity contribution in [2.24, 2.45) is 0 Å². The third-order valence-corrected chi connectivity index (χ3v) is 5.44. The quantitative estimate of drug-likeness (QED) is 0.534. The number of fused-ring (bicyclic) bond motifs is 1. The van der Waals surface area contributed by atoms with Crippen LogP contribution in [0.4, 0.5) is 5.69 Å². The second kappa shape index (κ2) is 9.97. The Kier molecular flexibility index (Phi) is 6.66. The molecule has 2 heterocycles. The maximum absolute atomic E-state index is 12.5. The van der Waals surface area contributed by atoms with E-state index in [0.717, 1.165) is 0 Å². The first-order valence-corrected chi connectivity index (χ1v) is 10.7. The van der Waals surface area contributed by atoms with Crippen LogP contribution in [0.5, 0.6) is 11.5 Å². The van der Waals surface area contributed by atoms with Gasteiger partial charge in [-0.2, -0.15) is 0 Å². The number of thiophene rings is 1. The zero-order valence-electron chi connectivity index (χ0n) is 16.9. The van der Waals surface area contributed by atoms with E-state index in [2.05, 4.69) is 10.6 Å². The number of anilines is 1. The van der Waals surface area contributed by atoms with E-state index in [1.165, 1.54) is 17.4 Å². The summed E-state index contributed by atoms with van der Waals surface area (Å²) in [6, 6.07) is 17.2. The van der Waals surface area contributed by atoms with Crippen LogP contribution in [0.15, 0.2) is 66.0 Å². The highest BCUT2D eigenvalue weighted by Crippen LogP contribution is 2.30. The van der Waals surface area contributed by atoms with Gasteiger partial charge in [-0.3, -0.25) is 9.59 Å². The molecule has 1 atom stereocenters. The summed E-state index contributed by atoms with van der Waals surface area (Å²) in [6.07, 6.45) is -0.349. The molecule has 0 saturated carbocycles. The zero-order valence-corrected chi connectivity index (χ0v) is 17.7. The van der Waals surface area contributed by atoms with E-state index in [-0.39, 0.29) is 24.1 Å². The molecule has 4 rings (SSSR count). The summed E-state index contributed by atoms with van der Waals surface area (Å²) in [5.74, 6) is -0.233. The molecule has 1 aliphatic heterocycles. The topological polar surface area (TPSA) is 103 Å². The number of esters is 1. The van der Waals surface area contributed by atoms with Gasteiger partial charge in [-0.1, -0.05) is 30.3 Å². The van der Waals surface area contributed by atoms with E-state index in [4.69, 9.17) is 14.2 Å². The Morgan fingerprint density at radius 1 is 1.00 bits per heavy atom. The summed E-state index contributed by atoms with van der Waals surface area (Å²) < 4.78 is 16.5. The molecule has 0 fully saturated rings. The van der Waals surface area contributed by atoms with E-state index in [0.29, 0.717) is 28.7 Å². The van der Waals surface area contributed by atoms with Gasteiger partial charge in [0.05, 0.1) is 22.7 Å². The fraction of sp³-hybridized carbons (Fsp3) is 0.174. The average Bonchev–Trinajstić information content (AvgIpc) is 3.37. The van der Waals surface area contributed by atoms with Gasteiger partial charge in [-0.05, 0) is 35.7 Å². The number of hydrogen-bond acceptors (Lipinski definition) is 7. The van der Waals surface area contributed by atoms with Gasteiger partial charge < -0.3 is 24.8 Å². The number of nitrogens with one attached hydrogen (secondary N) is 2. The summed E-state index contributed by atoms with van der Waals surface area (Å²) in [6.45, 7) is 0.0444. The smallest absolute Gasteiger partial charge is 0.340 e. The van der Waals surface area contributed by atoms with Crippen molar-refractivity contribution in [2.75, 3.05) is 25.1 Å². The largest absolute Gasteiger partial charge is 0.486 e. The van der Waals surface area contributed by atoms with Gasteiger partial charge >= 0.3 is 5.97 Å². The number of hydrogen-bond donors (Lipinski definition) is 2. The summed E-state index contributed by atoms with van der Waals surface area (Å²) >= 11 is 1.29. The Hall–Kier alpha value is -3.85. The number of rotatable bonds is 7. The van der Waals surface area contributed by atoms with E-state index >= 15 is 0 Å². The van der Waals surface area contributed by atoms with Crippen molar-refractivity contribution >= 4 is 34.8 Å². The molecule has 0 saturated heterocycles. The van der Waals surface area contributed by atoms with Gasteiger partial charge in [0.15, 0.2) is 18.1 Å². The Labute approximate surface area is 188 Å². The summed E-state index contributed by atoms with van der Waals surface area (Å²) in [4.78, 5) is 37.4. The fourth-order valence-corrected chi connectivity index (χ4v) is 3.63. The second-order valence-electron chi connectivity index (χ2n) is 6.85. The Morgan fingerprint density at radius 3 is 2.59 bits per heavy atom. The second-order valence-corrected chi connectivity index (χ2v) is 7.80. The van der Waals surface area contributed by atoms with Crippen LogP contribution < -0.4 is 20.1 Å². The number of para-hydroxylation sites is 3. The summed E-state index contributed by atoms with van der Waals surface area (Å²) in [5.41, 5.74) is 0.466. The lowest BCUT2D eigenvalue weighted by atomic mass is 10.2. The highest BCUT2D eigenvalue weighted by atomic mass is 32.1. The van der Waals surface area contributed by atoms with Crippen LogP contribution in [-0.2, 0) is 9.53 Å². The lowest BCUT2D eigenvalue weighted by Gasteiger charge is -2.26. The SMILES string of the molecule is O=C(COC(=O)c1ccccc1NC(=O)c1cccs1)NCC1COc2ccccc2O1. The molecule has 164 valence electrons. The highest BCUT2D eigenvalue weighted by molar-refractivity contribution is 7.12. The number of carbonyl (C=O) groups excluding carboxylic acids is 3. The molecule has 0 spiro atoms. The van der Waals surface area contributed by atoms with Crippen molar-refractivity contribution in [3.63, 3.8) is 0 Å². The predicted octanol–water partition coefficient (Wildman–Crippen LogP) is 3.11. The van der Waals surface area contributed by atoms with Crippen LogP contribution in [0.1, 0.15) is 20.0 Å². The first-order valence-electron chi connectivity index (χ1n) is 9.86. The first-order chi connectivity index (χ1) is 15.6. The van der Waals surface area contributed by atoms with Gasteiger partial charge in [0.1, 0.15) is 12.7 Å². The molecule has 1 aromatic heterocycles. The standard InChI is InChI=1S/C23H20N2O6S/c26-21(24-12-15-13-29-18-8-3-4-9-19(18)31-15)14-30-23(28)16-6-1-2-7-17(16)25-22(27)20-10-5-11-32-20/h1-11,15H,12-14H2,(H,24,26)(H,25,27). The fourth-order valence-electron chi connectivity index (χ4n) is 3.01. The van der Waals surface area contributed by atoms with Crippen LogP contribution >= 0.6 is 11.3 Å². The normalized spacial score (nSPS) is 14.3. The average molecular weight is 452 g/mol. The van der Waals surface area contributed by atoms with E-state index in [9.17, 15) is 14.4 Å². The first kappa shape index (κ1) is 21.4. The third-order valence-electron chi connectivity index (χ3n) is 4.57. The molecule has 8 nitrogen and oxygen atoms in total. The molecule has 1 unspecified atom stereocenters. The van der Waals surface area contributed by atoms with Crippen LogP contribution in [0.3, 0.4) is 0 Å². The maximum atomic E-state index is 12.5. The van der Waals surface area contributed by atoms with Crippen molar-refractivity contribution < 1.29 is 28.6 Å². The van der Waals surface area contributed by atoms with Crippen molar-refractivity contribution in [1.82, 2.24) is 5.32 Å². The molecule has 3 aromatic rings. The summed E-state index contributed by atoms with van der Waals surface area (Å²) in [5, 5.41) is 7.15. The van der Waals surface area contributed by atoms with Crippen LogP contribution in [0, 0.1) is 0 Å². The molecule has 9 heteroatoms. The van der Waals surface area contributed by atoms with Crippen LogP contribution in [0.2, 0.25) is 0 Å². The molecule has 0 radical (unpaired) electrons. The van der Waals surface area contributed by atoms with Crippen molar-refractivity contribution in [1.29, 1.82) is 0 Å². The molecular formula is C23H20N2O6S. The Balaban J connectivity index is 1.27. The monoisotopic (exact) mass is 452 g/mol. The predicted molar refractivity (Wildman–Crippen MR) is 118 cm³/mol. The van der Waals surface area contributed by atoms with Crippen LogP contribution in [-0.4, -0.2) is 43.6 Å². The maximum Gasteiger partial charge on any atom is 0.340 e. The molecule has 2 aromatic carbocycles. The van der Waals surface area contributed by atoms with Gasteiger partial charge in [0.25, 0.3) is 11.8 Å². The number of amides is 2. The van der Waals surface area contributed by atoms with E-state index in [1.807, 2.05) is 18.2 Å². The van der Waals surface area contributed by atoms with E-state index in [1.54, 1.807) is 41.8 Å². The lowest BCUT2D eigenvalue weighted by molar-refractivity contribution is -0.124. The zero-order chi connectivity index (χ0) is 22.3. The minimum atomic E-state index is -0.714. The summed E-state index contributed by atoms with van der Waals surface area (Å²) in [7, 11) is 0. The molecule has 32 heavy (non-hydrogen) atoms. The van der Waals surface area contributed by atoms with Gasteiger partial charge in [-0.15, -0.1) is 11.3 Å². The van der Waals surface area contributed by atoms with Crippen LogP contribution in [0.25, 0.3) is 0 Å². The van der Waals surface area contributed by atoms with E-state index < -0.39 is 18.5 Å². The van der Waals surface area contributed by atoms with Gasteiger partial charge in [0, 0.05) is 0 Å². The number of ether oxygens (including phenoxy) is 3. The molecule has 2 N–H and O–H groups in total. The third kappa shape index (κ3) is 5.25. The minimum Gasteiger partial charge on any atom is -0.486 e. The lowest BCUT2D eigenvalue weighted by Crippen LogP contribution is -2.42. The Bertz CT molecular complexity index is 1120. The van der Waals surface area contributed by atoms with Crippen molar-refractivity contribution in [3.8, 4) is 11.5 Å². The van der Waals surface area contributed by atoms with Crippen molar-refractivity contribution in [3.05, 3.63) is 76.5 Å². The molecular weight excluding hydrogens is 432 g/mol. The number of carbonyl (C=O) groups is 3. The molecule has 0 aliphatic carbocycles. The van der Waals surface area contributed by atoms with Gasteiger partial charge in [0.2, 0.25) is 0 Å².